The van der Waals surface area contributed by atoms with Crippen molar-refractivity contribution in [2.24, 2.45) is 0 Å². The summed E-state index contributed by atoms with van der Waals surface area (Å²) in [6, 6.07) is 0. The first-order valence-electron chi connectivity index (χ1n) is 9.05. The number of likely N-dealkylation sites (N-methyl/N-ethyl adjacent to an activating group) is 2. The molecule has 0 aliphatic carbocycles. The maximum atomic E-state index is 5.84. The molecule has 24 heavy (non-hydrogen) atoms. The Morgan fingerprint density at radius 3 is 1.67 bits per heavy atom. The summed E-state index contributed by atoms with van der Waals surface area (Å²) in [4.78, 5) is 10.3. The highest BCUT2D eigenvalue weighted by atomic mass is 28.2. The normalized spacial score (nSPS) is 23.6. The minimum Gasteiger partial charge on any atom is -0.407 e. The maximum absolute atomic E-state index is 5.84. The van der Waals surface area contributed by atoms with Gasteiger partial charge < -0.3 is 14.2 Å². The van der Waals surface area contributed by atoms with Crippen molar-refractivity contribution in [3.63, 3.8) is 0 Å². The molecule has 7 heteroatoms. The van der Waals surface area contributed by atoms with Crippen LogP contribution in [0.3, 0.4) is 0 Å². The molecule has 5 nitrogen and oxygen atoms in total. The molecule has 2 saturated heterocycles. The van der Waals surface area contributed by atoms with E-state index in [0.29, 0.717) is 15.6 Å². The molecule has 0 aromatic heterocycles. The summed E-state index contributed by atoms with van der Waals surface area (Å²) in [6.45, 7) is 15.9. The van der Waals surface area contributed by atoms with Crippen molar-refractivity contribution in [1.29, 1.82) is 0 Å². The van der Waals surface area contributed by atoms with Crippen LogP contribution in [0.5, 0.6) is 0 Å². The molecule has 0 bridgehead atoms. The van der Waals surface area contributed by atoms with Gasteiger partial charge in [0.25, 0.3) is 9.76 Å². The molecule has 136 valence electrons. The van der Waals surface area contributed by atoms with Crippen LogP contribution in [0, 0.1) is 0 Å². The van der Waals surface area contributed by atoms with Gasteiger partial charge in [0.15, 0.2) is 0 Å². The molecular weight excluding hydrogens is 332 g/mol. The van der Waals surface area contributed by atoms with E-state index < -0.39 is 0 Å². The summed E-state index contributed by atoms with van der Waals surface area (Å²) in [5.41, 5.74) is 4.56. The smallest absolute Gasteiger partial charge is 0.260 e. The van der Waals surface area contributed by atoms with E-state index in [2.05, 4.69) is 65.9 Å². The highest BCUT2D eigenvalue weighted by Gasteiger charge is 2.28. The lowest BCUT2D eigenvalue weighted by Crippen LogP contribution is -2.61. The molecule has 0 N–H and O–H groups in total. The van der Waals surface area contributed by atoms with Gasteiger partial charge in [0.2, 0.25) is 0 Å². The fourth-order valence-electron chi connectivity index (χ4n) is 2.95. The van der Waals surface area contributed by atoms with E-state index in [1.807, 2.05) is 0 Å². The highest BCUT2D eigenvalue weighted by Crippen LogP contribution is 2.12. The Hall–Kier alpha value is -0.0262. The van der Waals surface area contributed by atoms with Crippen LogP contribution in [0.25, 0.3) is 0 Å². The molecule has 0 spiro atoms. The molecular formula is C17H34N4OSi2. The van der Waals surface area contributed by atoms with Crippen molar-refractivity contribution in [1.82, 2.24) is 19.6 Å². The van der Waals surface area contributed by atoms with Crippen LogP contribution < -0.4 is 0 Å². The van der Waals surface area contributed by atoms with Crippen molar-refractivity contribution in [3.8, 4) is 0 Å². The van der Waals surface area contributed by atoms with Gasteiger partial charge in [-0.15, -0.1) is 5.70 Å². The van der Waals surface area contributed by atoms with E-state index in [-0.39, 0.29) is 5.60 Å². The van der Waals surface area contributed by atoms with E-state index in [1.165, 1.54) is 52.4 Å². The molecule has 2 aliphatic heterocycles. The van der Waals surface area contributed by atoms with Gasteiger partial charge in [0.1, 0.15) is 9.52 Å². The third-order valence-electron chi connectivity index (χ3n) is 4.53. The zero-order valence-corrected chi connectivity index (χ0v) is 18.1. The van der Waals surface area contributed by atoms with E-state index in [9.17, 15) is 0 Å². The summed E-state index contributed by atoms with van der Waals surface area (Å²) >= 11 is 0. The van der Waals surface area contributed by atoms with Crippen molar-refractivity contribution in [3.05, 3.63) is 11.4 Å². The Bertz CT molecular complexity index is 365. The second kappa shape index (κ2) is 9.61. The van der Waals surface area contributed by atoms with Crippen molar-refractivity contribution in [2.45, 2.75) is 32.2 Å². The van der Waals surface area contributed by atoms with Gasteiger partial charge >= 0.3 is 0 Å². The minimum absolute atomic E-state index is 0.0415. The zero-order valence-electron chi connectivity index (χ0n) is 16.1. The average Bonchev–Trinajstić information content (AvgIpc) is 2.52. The highest BCUT2D eigenvalue weighted by molar-refractivity contribution is 6.47. The van der Waals surface area contributed by atoms with Crippen LogP contribution in [-0.4, -0.2) is 117 Å². The molecule has 2 rings (SSSR count). The summed E-state index contributed by atoms with van der Waals surface area (Å²) < 4.78 is 5.84. The van der Waals surface area contributed by atoms with E-state index in [4.69, 9.17) is 4.43 Å². The predicted molar refractivity (Wildman–Crippen MR) is 103 cm³/mol. The van der Waals surface area contributed by atoms with E-state index >= 15 is 0 Å². The van der Waals surface area contributed by atoms with Crippen molar-refractivity contribution < 1.29 is 4.43 Å². The molecule has 0 unspecified atom stereocenters. The topological polar surface area (TPSA) is 22.2 Å². The first kappa shape index (κ1) is 20.3. The number of nitrogens with zero attached hydrogens (tertiary/aromatic N) is 4. The lowest BCUT2D eigenvalue weighted by molar-refractivity contribution is 0.0318. The number of hydrogen-bond donors (Lipinski definition) is 0. The molecule has 2 aliphatic rings. The zero-order chi connectivity index (χ0) is 17.6. The predicted octanol–water partition coefficient (Wildman–Crippen LogP) is 0.375. The van der Waals surface area contributed by atoms with Gasteiger partial charge in [-0.1, -0.05) is 5.70 Å². The van der Waals surface area contributed by atoms with Crippen LogP contribution in [0.1, 0.15) is 20.8 Å². The van der Waals surface area contributed by atoms with E-state index in [1.54, 1.807) is 0 Å². The first-order chi connectivity index (χ1) is 11.3. The molecule has 0 aromatic rings. The second-order valence-corrected chi connectivity index (χ2v) is 9.84. The van der Waals surface area contributed by atoms with Crippen molar-refractivity contribution in [2.75, 3.05) is 66.5 Å². The summed E-state index contributed by atoms with van der Waals surface area (Å²) in [5, 5.41) is 0. The molecule has 0 atom stereocenters. The van der Waals surface area contributed by atoms with Crippen molar-refractivity contribution >= 4 is 19.3 Å². The number of hydrogen-bond acceptors (Lipinski definition) is 5. The Balaban J connectivity index is 1.88. The third kappa shape index (κ3) is 7.07. The monoisotopic (exact) mass is 366 g/mol. The third-order valence-corrected chi connectivity index (χ3v) is 7.28. The molecule has 0 saturated carbocycles. The Morgan fingerprint density at radius 2 is 1.25 bits per heavy atom. The number of piperazine rings is 2. The Morgan fingerprint density at radius 1 is 0.792 bits per heavy atom. The van der Waals surface area contributed by atoms with Gasteiger partial charge in [-0.2, -0.15) is 0 Å². The quantitative estimate of drug-likeness (QED) is 0.632. The Kier molecular flexibility index (Phi) is 8.12. The fourth-order valence-corrected chi connectivity index (χ4v) is 5.14. The molecule has 4 radical (unpaired) electrons. The maximum Gasteiger partial charge on any atom is 0.260 e. The van der Waals surface area contributed by atoms with Gasteiger partial charge in [-0.05, 0) is 34.9 Å². The van der Waals surface area contributed by atoms with Crippen LogP contribution >= 0.6 is 0 Å². The van der Waals surface area contributed by atoms with Gasteiger partial charge in [0, 0.05) is 58.0 Å². The van der Waals surface area contributed by atoms with Crippen LogP contribution in [-0.2, 0) is 4.43 Å². The first-order valence-corrected chi connectivity index (χ1v) is 11.2. The standard InChI is InChI=1S/C17H34N4OSi2/c1-17(2,3)22-24-15-14-23-16(20-10-6-18(4)7-11-20)21-12-8-19(5)9-13-21/h14-16H,6-13H2,1-5H3. The Labute approximate surface area is 153 Å². The molecule has 0 aromatic carbocycles. The fraction of sp³-hybridized carbons (Fsp3) is 0.882. The van der Waals surface area contributed by atoms with Gasteiger partial charge in [-0.25, -0.2) is 0 Å². The SMILES string of the molecule is CN1CCN(C([Si]C=C[Si]OC(C)(C)C)N2CCN(C)CC2)CC1. The van der Waals surface area contributed by atoms with Crippen LogP contribution in [0.4, 0.5) is 0 Å². The van der Waals surface area contributed by atoms with Crippen LogP contribution in [0.15, 0.2) is 11.4 Å². The average molecular weight is 367 g/mol. The molecule has 2 heterocycles. The summed E-state index contributed by atoms with van der Waals surface area (Å²) in [5.74, 6) is 0.572. The number of rotatable bonds is 6. The van der Waals surface area contributed by atoms with Gasteiger partial charge in [-0.3, -0.25) is 9.80 Å². The van der Waals surface area contributed by atoms with Crippen LogP contribution in [0.2, 0.25) is 0 Å². The second-order valence-electron chi connectivity index (χ2n) is 7.88. The lowest BCUT2D eigenvalue weighted by atomic mass is 10.2. The largest absolute Gasteiger partial charge is 0.407 e. The van der Waals surface area contributed by atoms with Gasteiger partial charge in [0.05, 0.1) is 5.79 Å². The lowest BCUT2D eigenvalue weighted by Gasteiger charge is -2.45. The minimum atomic E-state index is -0.0415. The summed E-state index contributed by atoms with van der Waals surface area (Å²) in [7, 11) is 5.75. The molecule has 2 fully saturated rings. The summed E-state index contributed by atoms with van der Waals surface area (Å²) in [6.07, 6.45) is 0. The molecule has 0 amide bonds. The van der Waals surface area contributed by atoms with E-state index in [0.717, 1.165) is 9.52 Å².